The molecular weight excluding hydrogens is 606 g/mol. The third kappa shape index (κ3) is 7.24. The minimum absolute atomic E-state index is 0.0667. The van der Waals surface area contributed by atoms with Crippen molar-refractivity contribution in [2.45, 2.75) is 63.5 Å². The van der Waals surface area contributed by atoms with E-state index in [1.165, 1.54) is 10.5 Å². The smallest absolute Gasteiger partial charge is 0.410 e. The van der Waals surface area contributed by atoms with Crippen molar-refractivity contribution in [2.24, 2.45) is 0 Å². The number of piperidine rings is 1. The number of halogens is 3. The highest BCUT2D eigenvalue weighted by molar-refractivity contribution is 7.93. The van der Waals surface area contributed by atoms with Crippen molar-refractivity contribution in [1.29, 1.82) is 0 Å². The van der Waals surface area contributed by atoms with E-state index in [1.807, 2.05) is 20.8 Å². The van der Waals surface area contributed by atoms with E-state index in [9.17, 15) is 22.0 Å². The average Bonchev–Trinajstić information content (AvgIpc) is 3.41. The van der Waals surface area contributed by atoms with Crippen LogP contribution in [-0.2, 0) is 21.3 Å². The second kappa shape index (κ2) is 12.3. The summed E-state index contributed by atoms with van der Waals surface area (Å²) < 4.78 is 65.5. The van der Waals surface area contributed by atoms with Crippen LogP contribution in [0.2, 0.25) is 5.02 Å². The monoisotopic (exact) mass is 638 g/mol. The molecule has 0 bridgehead atoms. The number of carbonyl (C=O) groups is 1. The summed E-state index contributed by atoms with van der Waals surface area (Å²) in [5.41, 5.74) is 0.603. The van der Waals surface area contributed by atoms with Crippen molar-refractivity contribution in [3.05, 3.63) is 59.2 Å². The van der Waals surface area contributed by atoms with Gasteiger partial charge in [-0.1, -0.05) is 17.7 Å². The number of ether oxygens (including phenoxy) is 1. The Hall–Kier alpha value is -3.36. The summed E-state index contributed by atoms with van der Waals surface area (Å²) >= 11 is 6.23. The van der Waals surface area contributed by atoms with Gasteiger partial charge in [-0.05, 0) is 77.0 Å². The van der Waals surface area contributed by atoms with Crippen LogP contribution >= 0.6 is 11.6 Å². The minimum Gasteiger partial charge on any atom is -0.444 e. The Bertz CT molecular complexity index is 1540. The van der Waals surface area contributed by atoms with E-state index in [4.69, 9.17) is 20.8 Å². The molecule has 1 amide bonds. The number of hydrogen-bond acceptors (Lipinski definition) is 9. The number of aromatic nitrogens is 3. The molecule has 2 aliphatic heterocycles. The summed E-state index contributed by atoms with van der Waals surface area (Å²) in [6, 6.07) is 9.93. The van der Waals surface area contributed by atoms with Crippen LogP contribution < -0.4 is 4.31 Å². The number of alkyl halides is 2. The van der Waals surface area contributed by atoms with Crippen LogP contribution in [0.4, 0.5) is 19.3 Å². The van der Waals surface area contributed by atoms with Crippen molar-refractivity contribution >= 4 is 33.4 Å². The van der Waals surface area contributed by atoms with Gasteiger partial charge in [0, 0.05) is 30.4 Å². The summed E-state index contributed by atoms with van der Waals surface area (Å²) in [7, 11) is -3.84. The van der Waals surface area contributed by atoms with Crippen LogP contribution in [-0.4, -0.2) is 82.6 Å². The highest BCUT2D eigenvalue weighted by atomic mass is 35.5. The predicted octanol–water partition coefficient (Wildman–Crippen LogP) is 5.14. The molecule has 3 aromatic rings. The fraction of sp³-hybridized carbons (Fsp3) is 0.500. The Balaban J connectivity index is 1.26. The quantitative estimate of drug-likeness (QED) is 0.330. The maximum absolute atomic E-state index is 14.1. The number of pyridine rings is 1. The molecule has 0 unspecified atom stereocenters. The summed E-state index contributed by atoms with van der Waals surface area (Å²) in [5.74, 6) is -0.901. The number of nitrogens with zero attached hydrogens (tertiary/aromatic N) is 6. The van der Waals surface area contributed by atoms with Crippen LogP contribution in [0.1, 0.15) is 51.6 Å². The van der Waals surface area contributed by atoms with E-state index < -0.39 is 33.2 Å². The van der Waals surface area contributed by atoms with Gasteiger partial charge in [0.1, 0.15) is 5.60 Å². The number of rotatable bonds is 8. The summed E-state index contributed by atoms with van der Waals surface area (Å²) in [6.07, 6.45) is -0.998. The van der Waals surface area contributed by atoms with E-state index in [0.717, 1.165) is 0 Å². The molecule has 15 heteroatoms. The number of benzene rings is 1. The summed E-state index contributed by atoms with van der Waals surface area (Å²) in [6.45, 7) is 7.68. The Labute approximate surface area is 253 Å². The Morgan fingerprint density at radius 3 is 2.47 bits per heavy atom. The zero-order chi connectivity index (χ0) is 30.9. The second-order valence-electron chi connectivity index (χ2n) is 11.6. The lowest BCUT2D eigenvalue weighted by atomic mass is 10.0. The molecule has 2 fully saturated rings. The lowest BCUT2D eigenvalue weighted by molar-refractivity contribution is -0.0184. The fourth-order valence-electron chi connectivity index (χ4n) is 5.07. The molecule has 4 heterocycles. The molecule has 0 radical (unpaired) electrons. The third-order valence-electron chi connectivity index (χ3n) is 7.34. The van der Waals surface area contributed by atoms with Gasteiger partial charge >= 0.3 is 12.5 Å². The molecule has 0 spiro atoms. The molecule has 0 atom stereocenters. The summed E-state index contributed by atoms with van der Waals surface area (Å²) in [4.78, 5) is 20.5. The topological polar surface area (TPSA) is 122 Å². The molecular formula is C28H33ClF2N6O5S. The van der Waals surface area contributed by atoms with Gasteiger partial charge in [-0.3, -0.25) is 14.2 Å². The van der Waals surface area contributed by atoms with E-state index in [2.05, 4.69) is 20.1 Å². The number of sulfonamides is 1. The molecule has 11 nitrogen and oxygen atoms in total. The third-order valence-corrected chi connectivity index (χ3v) is 9.84. The molecule has 232 valence electrons. The first kappa shape index (κ1) is 31.1. The van der Waals surface area contributed by atoms with Crippen LogP contribution in [0.25, 0.3) is 11.5 Å². The van der Waals surface area contributed by atoms with Crippen molar-refractivity contribution in [1.82, 2.24) is 25.0 Å². The number of hydrogen-bond donors (Lipinski definition) is 0. The highest BCUT2D eigenvalue weighted by Gasteiger charge is 2.41. The lowest BCUT2D eigenvalue weighted by Crippen LogP contribution is -2.63. The Kier molecular flexibility index (Phi) is 8.91. The normalized spacial score (nSPS) is 17.2. The molecule has 43 heavy (non-hydrogen) atoms. The predicted molar refractivity (Wildman–Crippen MR) is 155 cm³/mol. The Morgan fingerprint density at radius 2 is 1.88 bits per heavy atom. The van der Waals surface area contributed by atoms with Crippen LogP contribution in [0, 0.1) is 0 Å². The average molecular weight is 639 g/mol. The van der Waals surface area contributed by atoms with Gasteiger partial charge < -0.3 is 14.1 Å². The first-order valence-electron chi connectivity index (χ1n) is 13.9. The lowest BCUT2D eigenvalue weighted by Gasteiger charge is -2.47. The molecule has 2 aliphatic rings. The van der Waals surface area contributed by atoms with Crippen molar-refractivity contribution in [3.8, 4) is 11.5 Å². The molecule has 1 aromatic carbocycles. The van der Waals surface area contributed by atoms with Gasteiger partial charge in [0.15, 0.2) is 0 Å². The first-order valence-corrected chi connectivity index (χ1v) is 15.7. The highest BCUT2D eigenvalue weighted by Crippen LogP contribution is 2.31. The number of amides is 1. The number of likely N-dealkylation sites (tertiary alicyclic amines) is 2. The maximum atomic E-state index is 14.1. The van der Waals surface area contributed by atoms with Crippen molar-refractivity contribution < 1.29 is 31.1 Å². The van der Waals surface area contributed by atoms with Gasteiger partial charge in [0.25, 0.3) is 5.89 Å². The Morgan fingerprint density at radius 1 is 1.16 bits per heavy atom. The second-order valence-corrected chi connectivity index (χ2v) is 14.2. The number of carbonyl (C=O) groups excluding carboxylic acids is 1. The molecule has 0 saturated carbocycles. The maximum Gasteiger partial charge on any atom is 0.410 e. The molecule has 0 aliphatic carbocycles. The standard InChI is InChI=1S/C28H33ClF2N6O5S/c1-28(2,3)42-27(38)36-16-22(17-36)35-11-9-23(10-12-35)43(39,40)37(21-6-4-5-19(29)13-21)15-20-8-7-18(14-32-20)25-33-34-26(41-25)24(30)31/h4-8,13-14,22-24H,9-12,15-17H2,1-3H3. The number of anilines is 1. The molecule has 0 N–H and O–H groups in total. The molecule has 2 saturated heterocycles. The van der Waals surface area contributed by atoms with Gasteiger partial charge in [-0.15, -0.1) is 10.2 Å². The van der Waals surface area contributed by atoms with Gasteiger partial charge in [0.05, 0.1) is 28.7 Å². The molecule has 5 rings (SSSR count). The van der Waals surface area contributed by atoms with Gasteiger partial charge in [0.2, 0.25) is 15.9 Å². The SMILES string of the molecule is CC(C)(C)OC(=O)N1CC(N2CCC(S(=O)(=O)N(Cc3ccc(-c4nnc(C(F)F)o4)cn3)c3cccc(Cl)c3)CC2)C1. The van der Waals surface area contributed by atoms with Crippen LogP contribution in [0.3, 0.4) is 0 Å². The van der Waals surface area contributed by atoms with Gasteiger partial charge in [-0.25, -0.2) is 13.2 Å². The largest absolute Gasteiger partial charge is 0.444 e. The molecule has 2 aromatic heterocycles. The zero-order valence-corrected chi connectivity index (χ0v) is 25.6. The first-order chi connectivity index (χ1) is 20.3. The summed E-state index contributed by atoms with van der Waals surface area (Å²) in [5, 5.41) is 6.71. The van der Waals surface area contributed by atoms with Crippen LogP contribution in [0.5, 0.6) is 0 Å². The minimum atomic E-state index is -3.84. The van der Waals surface area contributed by atoms with Crippen molar-refractivity contribution in [3.63, 3.8) is 0 Å². The zero-order valence-electron chi connectivity index (χ0n) is 24.0. The van der Waals surface area contributed by atoms with E-state index >= 15 is 0 Å². The van der Waals surface area contributed by atoms with Crippen molar-refractivity contribution in [2.75, 3.05) is 30.5 Å². The fourth-order valence-corrected chi connectivity index (χ4v) is 7.14. The van der Waals surface area contributed by atoms with Crippen LogP contribution in [0.15, 0.2) is 47.0 Å². The van der Waals surface area contributed by atoms with E-state index in [1.54, 1.807) is 41.3 Å². The van der Waals surface area contributed by atoms with E-state index in [-0.39, 0.29) is 24.6 Å². The van der Waals surface area contributed by atoms with Gasteiger partial charge in [-0.2, -0.15) is 8.78 Å². The van der Waals surface area contributed by atoms with E-state index in [0.29, 0.717) is 61.0 Å².